The van der Waals surface area contributed by atoms with E-state index in [1.807, 2.05) is 30.3 Å². The number of hydrogen-bond acceptors (Lipinski definition) is 7. The van der Waals surface area contributed by atoms with E-state index < -0.39 is 24.5 Å². The number of rotatable bonds is 8. The first-order valence-electron chi connectivity index (χ1n) is 9.46. The van der Waals surface area contributed by atoms with Gasteiger partial charge in [0.1, 0.15) is 5.00 Å². The maximum absolute atomic E-state index is 12.4. The Kier molecular flexibility index (Phi) is 8.51. The monoisotopic (exact) mass is 444 g/mol. The average molecular weight is 445 g/mol. The zero-order valence-electron chi connectivity index (χ0n) is 17.8. The molecule has 0 unspecified atom stereocenters. The Hall–Kier alpha value is -3.46. The number of amides is 2. The fourth-order valence-electron chi connectivity index (χ4n) is 2.53. The first kappa shape index (κ1) is 23.8. The number of nitrogens with zero attached hydrogens (tertiary/aromatic N) is 1. The van der Waals surface area contributed by atoms with Gasteiger partial charge in [0.25, 0.3) is 11.8 Å². The Morgan fingerprint density at radius 3 is 2.39 bits per heavy atom. The third kappa shape index (κ3) is 6.51. The highest BCUT2D eigenvalue weighted by molar-refractivity contribution is 7.18. The summed E-state index contributed by atoms with van der Waals surface area (Å²) in [6, 6.07) is 9.16. The van der Waals surface area contributed by atoms with Crippen LogP contribution in [0.3, 0.4) is 0 Å². The number of thiophene rings is 1. The number of hydrogen-bond donors (Lipinski definition) is 1. The molecule has 8 nitrogen and oxygen atoms in total. The first-order valence-corrected chi connectivity index (χ1v) is 10.3. The highest BCUT2D eigenvalue weighted by Crippen LogP contribution is 2.34. The lowest BCUT2D eigenvalue weighted by Crippen LogP contribution is -2.21. The summed E-state index contributed by atoms with van der Waals surface area (Å²) in [5.74, 6) is -2.27. The molecule has 0 radical (unpaired) electrons. The summed E-state index contributed by atoms with van der Waals surface area (Å²) in [5, 5.41) is 2.71. The Morgan fingerprint density at radius 2 is 1.77 bits per heavy atom. The first-order chi connectivity index (χ1) is 14.7. The maximum Gasteiger partial charge on any atom is 0.341 e. The van der Waals surface area contributed by atoms with Crippen molar-refractivity contribution in [2.75, 3.05) is 32.6 Å². The van der Waals surface area contributed by atoms with Crippen LogP contribution in [0.15, 0.2) is 36.4 Å². The van der Waals surface area contributed by atoms with E-state index in [-0.39, 0.29) is 23.1 Å². The van der Waals surface area contributed by atoms with Crippen LogP contribution in [0.4, 0.5) is 5.00 Å². The predicted molar refractivity (Wildman–Crippen MR) is 118 cm³/mol. The molecule has 0 saturated carbocycles. The number of carbonyl (C=O) groups excluding carboxylic acids is 4. The largest absolute Gasteiger partial charge is 0.462 e. The van der Waals surface area contributed by atoms with Gasteiger partial charge in [-0.15, -0.1) is 11.3 Å². The summed E-state index contributed by atoms with van der Waals surface area (Å²) >= 11 is 0.968. The van der Waals surface area contributed by atoms with Gasteiger partial charge in [-0.25, -0.2) is 9.59 Å². The van der Waals surface area contributed by atoms with Gasteiger partial charge in [-0.3, -0.25) is 9.59 Å². The van der Waals surface area contributed by atoms with E-state index in [1.54, 1.807) is 34.0 Å². The molecule has 1 aromatic heterocycles. The lowest BCUT2D eigenvalue weighted by Gasteiger charge is -2.09. The minimum Gasteiger partial charge on any atom is -0.462 e. The predicted octanol–water partition coefficient (Wildman–Crippen LogP) is 3.13. The Morgan fingerprint density at radius 1 is 1.10 bits per heavy atom. The third-order valence-corrected chi connectivity index (χ3v) is 5.23. The molecule has 31 heavy (non-hydrogen) atoms. The maximum atomic E-state index is 12.4. The number of anilines is 1. The fourth-order valence-corrected chi connectivity index (χ4v) is 3.77. The summed E-state index contributed by atoms with van der Waals surface area (Å²) in [5.41, 5.74) is 1.34. The van der Waals surface area contributed by atoms with Gasteiger partial charge in [0.15, 0.2) is 6.61 Å². The fraction of sp³-hybridized carbons (Fsp3) is 0.273. The second-order valence-corrected chi connectivity index (χ2v) is 7.60. The van der Waals surface area contributed by atoms with Crippen molar-refractivity contribution in [2.24, 2.45) is 0 Å². The van der Waals surface area contributed by atoms with Crippen molar-refractivity contribution in [2.45, 2.75) is 13.8 Å². The van der Waals surface area contributed by atoms with Gasteiger partial charge in [-0.05, 0) is 31.1 Å². The van der Waals surface area contributed by atoms with E-state index in [4.69, 9.17) is 9.47 Å². The molecule has 164 valence electrons. The Bertz CT molecular complexity index is 995. The molecule has 2 aromatic rings. The van der Waals surface area contributed by atoms with Crippen LogP contribution in [0.25, 0.3) is 6.08 Å². The molecule has 0 fully saturated rings. The molecular weight excluding hydrogens is 420 g/mol. The molecule has 0 atom stereocenters. The Labute approximate surface area is 184 Å². The zero-order valence-corrected chi connectivity index (χ0v) is 18.6. The summed E-state index contributed by atoms with van der Waals surface area (Å²) in [6.07, 6.45) is 2.79. The normalized spacial score (nSPS) is 10.6. The van der Waals surface area contributed by atoms with Crippen LogP contribution in [0.1, 0.15) is 38.1 Å². The summed E-state index contributed by atoms with van der Waals surface area (Å²) in [7, 11) is 3.18. The lowest BCUT2D eigenvalue weighted by molar-refractivity contribution is -0.142. The number of nitrogens with one attached hydrogen (secondary N) is 1. The van der Waals surface area contributed by atoms with Crippen molar-refractivity contribution in [3.8, 4) is 0 Å². The molecule has 1 N–H and O–H groups in total. The van der Waals surface area contributed by atoms with Crippen molar-refractivity contribution in [3.63, 3.8) is 0 Å². The van der Waals surface area contributed by atoms with Crippen LogP contribution in [-0.2, 0) is 19.1 Å². The van der Waals surface area contributed by atoms with Crippen molar-refractivity contribution >= 4 is 46.2 Å². The molecule has 0 aliphatic rings. The molecule has 0 spiro atoms. The van der Waals surface area contributed by atoms with Gasteiger partial charge in [-0.2, -0.15) is 0 Å². The van der Waals surface area contributed by atoms with Crippen molar-refractivity contribution in [1.82, 2.24) is 4.90 Å². The topological polar surface area (TPSA) is 102 Å². The van der Waals surface area contributed by atoms with Crippen LogP contribution in [0.5, 0.6) is 0 Å². The van der Waals surface area contributed by atoms with Crippen LogP contribution >= 0.6 is 11.3 Å². The van der Waals surface area contributed by atoms with E-state index in [1.165, 1.54) is 11.0 Å². The molecule has 9 heteroatoms. The van der Waals surface area contributed by atoms with Crippen molar-refractivity contribution in [1.29, 1.82) is 0 Å². The Balaban J connectivity index is 2.09. The SMILES string of the molecule is CCOC(=O)c1c(NC(=O)COC(=O)/C=C/c2ccccc2)sc(C(=O)N(C)C)c1C. The van der Waals surface area contributed by atoms with Crippen molar-refractivity contribution in [3.05, 3.63) is 58.0 Å². The van der Waals surface area contributed by atoms with E-state index >= 15 is 0 Å². The molecule has 1 aromatic carbocycles. The van der Waals surface area contributed by atoms with Crippen LogP contribution in [0.2, 0.25) is 0 Å². The summed E-state index contributed by atoms with van der Waals surface area (Å²) < 4.78 is 10.00. The second-order valence-electron chi connectivity index (χ2n) is 6.58. The zero-order chi connectivity index (χ0) is 23.0. The highest BCUT2D eigenvalue weighted by atomic mass is 32.1. The minimum atomic E-state index is -0.685. The van der Waals surface area contributed by atoms with Gasteiger partial charge >= 0.3 is 11.9 Å². The molecule has 2 amide bonds. The van der Waals surface area contributed by atoms with Crippen molar-refractivity contribution < 1.29 is 28.7 Å². The van der Waals surface area contributed by atoms with Gasteiger partial charge < -0.3 is 19.7 Å². The number of esters is 2. The third-order valence-electron chi connectivity index (χ3n) is 4.04. The molecule has 0 aliphatic heterocycles. The summed E-state index contributed by atoms with van der Waals surface area (Å²) in [4.78, 5) is 50.6. The van der Waals surface area contributed by atoms with Gasteiger partial charge in [-0.1, -0.05) is 30.3 Å². The highest BCUT2D eigenvalue weighted by Gasteiger charge is 2.27. The standard InChI is InChI=1S/C22H24N2O6S/c1-5-29-22(28)18-14(2)19(21(27)24(3)4)31-20(18)23-16(25)13-30-17(26)12-11-15-9-7-6-8-10-15/h6-12H,5,13H2,1-4H3,(H,23,25)/b12-11+. The van der Waals surface area contributed by atoms with Crippen LogP contribution in [-0.4, -0.2) is 56.0 Å². The van der Waals surface area contributed by atoms with E-state index in [2.05, 4.69) is 5.32 Å². The average Bonchev–Trinajstić information content (AvgIpc) is 3.06. The quantitative estimate of drug-likeness (QED) is 0.496. The van der Waals surface area contributed by atoms with E-state index in [9.17, 15) is 19.2 Å². The number of ether oxygens (including phenoxy) is 2. The molecule has 0 bridgehead atoms. The number of carbonyl (C=O) groups is 4. The van der Waals surface area contributed by atoms with Gasteiger partial charge in [0, 0.05) is 20.2 Å². The molecule has 2 rings (SSSR count). The van der Waals surface area contributed by atoms with Crippen LogP contribution < -0.4 is 5.32 Å². The molecule has 1 heterocycles. The van der Waals surface area contributed by atoms with Gasteiger partial charge in [0.2, 0.25) is 0 Å². The van der Waals surface area contributed by atoms with Gasteiger partial charge in [0.05, 0.1) is 17.0 Å². The second kappa shape index (κ2) is 11.1. The van der Waals surface area contributed by atoms with E-state index in [0.717, 1.165) is 16.9 Å². The molecule has 0 aliphatic carbocycles. The molecular formula is C22H24N2O6S. The molecule has 0 saturated heterocycles. The number of benzene rings is 1. The van der Waals surface area contributed by atoms with Crippen LogP contribution in [0, 0.1) is 6.92 Å². The van der Waals surface area contributed by atoms with E-state index in [0.29, 0.717) is 10.4 Å². The lowest BCUT2D eigenvalue weighted by atomic mass is 10.1. The minimum absolute atomic E-state index is 0.112. The smallest absolute Gasteiger partial charge is 0.341 e. The summed E-state index contributed by atoms with van der Waals surface area (Å²) in [6.45, 7) is 2.87.